The van der Waals surface area contributed by atoms with E-state index in [2.05, 4.69) is 26.0 Å². The fraction of sp³-hybridized carbons (Fsp3) is 0.400. The van der Waals surface area contributed by atoms with Crippen molar-refractivity contribution in [1.82, 2.24) is 0 Å². The standard InChI is InChI=1S/C5H5.C4H9.CH3.3ClH.Ti/c1-2-4-5-3-1;1-3-4-2;;;;;/h1-3H,4H2;1,3-4H2,2H3;1H3;3*1H;/q3*-1;;;;+3. The molecule has 0 aromatic carbocycles. The van der Waals surface area contributed by atoms with Crippen LogP contribution in [0.15, 0.2) is 18.2 Å². The third-order valence-corrected chi connectivity index (χ3v) is 0.939. The Hall–Kier alpha value is 1.06. The molecule has 0 N–H and O–H groups in total. The largest absolute Gasteiger partial charge is 3.00 e. The maximum atomic E-state index is 3.60. The van der Waals surface area contributed by atoms with E-state index < -0.39 is 0 Å². The summed E-state index contributed by atoms with van der Waals surface area (Å²) in [5.41, 5.74) is 0. The van der Waals surface area contributed by atoms with Crippen molar-refractivity contribution in [3.63, 3.8) is 0 Å². The minimum Gasteiger partial charge on any atom is -0.358 e. The van der Waals surface area contributed by atoms with Gasteiger partial charge in [0.1, 0.15) is 0 Å². The zero-order chi connectivity index (χ0) is 6.95. The van der Waals surface area contributed by atoms with Crippen LogP contribution in [-0.2, 0) is 21.7 Å². The van der Waals surface area contributed by atoms with Gasteiger partial charge in [-0.3, -0.25) is 6.08 Å². The molecule has 1 radical (unpaired) electrons. The van der Waals surface area contributed by atoms with Crippen molar-refractivity contribution < 1.29 is 21.7 Å². The predicted octanol–water partition coefficient (Wildman–Crippen LogP) is 4.64. The van der Waals surface area contributed by atoms with Gasteiger partial charge >= 0.3 is 21.7 Å². The Balaban J connectivity index is -0.0000000171. The summed E-state index contributed by atoms with van der Waals surface area (Å²) < 4.78 is 0. The second-order valence-electron chi connectivity index (χ2n) is 1.86. The summed E-state index contributed by atoms with van der Waals surface area (Å²) in [6.45, 7) is 5.72. The van der Waals surface area contributed by atoms with Gasteiger partial charge in [0.05, 0.1) is 0 Å². The smallest absolute Gasteiger partial charge is 0.358 e. The van der Waals surface area contributed by atoms with E-state index in [4.69, 9.17) is 0 Å². The van der Waals surface area contributed by atoms with E-state index in [-0.39, 0.29) is 66.4 Å². The molecule has 85 valence electrons. The van der Waals surface area contributed by atoms with Gasteiger partial charge in [-0.2, -0.15) is 12.5 Å². The number of hydrogen-bond acceptors (Lipinski definition) is 0. The van der Waals surface area contributed by atoms with Gasteiger partial charge in [-0.15, -0.1) is 43.6 Å². The first-order chi connectivity index (χ1) is 4.41. The fourth-order valence-electron chi connectivity index (χ4n) is 0.340. The molecule has 0 fully saturated rings. The van der Waals surface area contributed by atoms with Gasteiger partial charge in [0, 0.05) is 0 Å². The van der Waals surface area contributed by atoms with E-state index in [9.17, 15) is 0 Å². The van der Waals surface area contributed by atoms with E-state index in [1.165, 1.54) is 6.42 Å². The molecule has 4 heteroatoms. The zero-order valence-electron chi connectivity index (χ0n) is 8.79. The molecule has 0 atom stereocenters. The first kappa shape index (κ1) is 36.3. The van der Waals surface area contributed by atoms with E-state index >= 15 is 0 Å². The van der Waals surface area contributed by atoms with Crippen LogP contribution in [0.5, 0.6) is 0 Å². The van der Waals surface area contributed by atoms with Crippen LogP contribution >= 0.6 is 37.2 Å². The molecule has 1 rings (SSSR count). The van der Waals surface area contributed by atoms with Crippen LogP contribution in [-0.4, -0.2) is 0 Å². The fourth-order valence-corrected chi connectivity index (χ4v) is 0.340. The Morgan fingerprint density at radius 3 is 1.79 bits per heavy atom. The van der Waals surface area contributed by atoms with E-state index in [1.54, 1.807) is 0 Å². The Morgan fingerprint density at radius 1 is 1.29 bits per heavy atom. The van der Waals surface area contributed by atoms with E-state index in [0.717, 1.165) is 12.8 Å². The molecule has 0 aromatic heterocycles. The van der Waals surface area contributed by atoms with Crippen molar-refractivity contribution in [2.45, 2.75) is 26.2 Å². The van der Waals surface area contributed by atoms with Crippen LogP contribution in [0.4, 0.5) is 0 Å². The summed E-state index contributed by atoms with van der Waals surface area (Å²) in [6.07, 6.45) is 12.3. The van der Waals surface area contributed by atoms with Gasteiger partial charge in [-0.1, -0.05) is 13.3 Å². The molecule has 0 aromatic rings. The topological polar surface area (TPSA) is 0 Å². The Bertz CT molecular complexity index is 91.5. The number of hydrogen-bond donors (Lipinski definition) is 0. The molecule has 1 aliphatic rings. The number of halogens is 3. The molecule has 0 saturated heterocycles. The van der Waals surface area contributed by atoms with Crippen LogP contribution < -0.4 is 0 Å². The molecule has 0 bridgehead atoms. The summed E-state index contributed by atoms with van der Waals surface area (Å²) in [4.78, 5) is 0. The third kappa shape index (κ3) is 38.1. The molecular formula is C10H20Cl3Ti. The van der Waals surface area contributed by atoms with Crippen LogP contribution in [0, 0.1) is 20.4 Å². The first-order valence-corrected chi connectivity index (χ1v) is 3.42. The Morgan fingerprint density at radius 2 is 1.71 bits per heavy atom. The molecule has 0 amide bonds. The monoisotopic (exact) mass is 293 g/mol. The summed E-state index contributed by atoms with van der Waals surface area (Å²) in [7, 11) is 0. The quantitative estimate of drug-likeness (QED) is 0.488. The van der Waals surface area contributed by atoms with Gasteiger partial charge in [-0.25, -0.2) is 12.2 Å². The molecule has 0 heterocycles. The van der Waals surface area contributed by atoms with Gasteiger partial charge in [0.15, 0.2) is 0 Å². The van der Waals surface area contributed by atoms with E-state index in [0.29, 0.717) is 0 Å². The van der Waals surface area contributed by atoms with E-state index in [1.807, 2.05) is 12.2 Å². The summed E-state index contributed by atoms with van der Waals surface area (Å²) in [6, 6.07) is 0. The zero-order valence-corrected chi connectivity index (χ0v) is 12.8. The van der Waals surface area contributed by atoms with Crippen LogP contribution in [0.3, 0.4) is 0 Å². The van der Waals surface area contributed by atoms with Gasteiger partial charge in [-0.05, 0) is 0 Å². The second-order valence-corrected chi connectivity index (χ2v) is 1.86. The SMILES string of the molecule is Cl.Cl.Cl.[C-]1=CC=CC1.[CH2-]CCC.[CH3-].[Ti+3]. The molecule has 14 heavy (non-hydrogen) atoms. The number of rotatable bonds is 1. The van der Waals surface area contributed by atoms with Crippen molar-refractivity contribution in [3.8, 4) is 0 Å². The molecular weight excluding hydrogens is 274 g/mol. The maximum Gasteiger partial charge on any atom is 3.00 e. The van der Waals surface area contributed by atoms with Crippen molar-refractivity contribution in [2.75, 3.05) is 0 Å². The van der Waals surface area contributed by atoms with Gasteiger partial charge in [0.25, 0.3) is 0 Å². The summed E-state index contributed by atoms with van der Waals surface area (Å²) in [5.74, 6) is 0. The first-order valence-electron chi connectivity index (χ1n) is 3.42. The van der Waals surface area contributed by atoms with Crippen LogP contribution in [0.25, 0.3) is 0 Å². The number of allylic oxidation sites excluding steroid dienone is 4. The molecule has 0 nitrogen and oxygen atoms in total. The maximum absolute atomic E-state index is 3.60. The van der Waals surface area contributed by atoms with Gasteiger partial charge < -0.3 is 14.4 Å². The normalized spacial score (nSPS) is 8.43. The van der Waals surface area contributed by atoms with Crippen LogP contribution in [0.1, 0.15) is 26.2 Å². The minimum absolute atomic E-state index is 0. The predicted molar refractivity (Wildman–Crippen MR) is 70.0 cm³/mol. The summed E-state index contributed by atoms with van der Waals surface area (Å²) >= 11 is 0. The molecule has 0 unspecified atom stereocenters. The average Bonchev–Trinajstić information content (AvgIpc) is 2.43. The Kier molecular flexibility index (Phi) is 95.6. The van der Waals surface area contributed by atoms with Crippen molar-refractivity contribution in [2.24, 2.45) is 0 Å². The van der Waals surface area contributed by atoms with Gasteiger partial charge in [0.2, 0.25) is 0 Å². The van der Waals surface area contributed by atoms with Crippen molar-refractivity contribution in [1.29, 1.82) is 0 Å². The molecule has 0 spiro atoms. The van der Waals surface area contributed by atoms with Crippen molar-refractivity contribution >= 4 is 37.2 Å². The number of unbranched alkanes of at least 4 members (excludes halogenated alkanes) is 1. The minimum atomic E-state index is 0. The Labute approximate surface area is 123 Å². The molecule has 0 saturated carbocycles. The van der Waals surface area contributed by atoms with Crippen molar-refractivity contribution in [3.05, 3.63) is 38.7 Å². The summed E-state index contributed by atoms with van der Waals surface area (Å²) in [5, 5.41) is 0. The third-order valence-electron chi connectivity index (χ3n) is 0.939. The average molecular weight is 294 g/mol. The molecule has 1 aliphatic carbocycles. The second kappa shape index (κ2) is 36.9. The molecule has 0 aliphatic heterocycles. The van der Waals surface area contributed by atoms with Crippen LogP contribution in [0.2, 0.25) is 0 Å².